The van der Waals surface area contributed by atoms with Gasteiger partial charge in [-0.3, -0.25) is 4.79 Å². The highest BCUT2D eigenvalue weighted by molar-refractivity contribution is 7.10. The summed E-state index contributed by atoms with van der Waals surface area (Å²) in [4.78, 5) is 31.6. The highest BCUT2D eigenvalue weighted by atomic mass is 35.5. The third kappa shape index (κ3) is 6.56. The van der Waals surface area contributed by atoms with Crippen LogP contribution in [-0.2, 0) is 11.2 Å². The summed E-state index contributed by atoms with van der Waals surface area (Å²) < 4.78 is 11.4. The fourth-order valence-electron chi connectivity index (χ4n) is 4.39. The average molecular weight is 542 g/mol. The number of hydrogen-bond donors (Lipinski definition) is 1. The Bertz CT molecular complexity index is 1230. The number of benzene rings is 2. The fourth-order valence-corrected chi connectivity index (χ4v) is 5.51. The van der Waals surface area contributed by atoms with Crippen molar-refractivity contribution in [3.63, 3.8) is 0 Å². The van der Waals surface area contributed by atoms with E-state index in [-0.39, 0.29) is 30.6 Å². The van der Waals surface area contributed by atoms with Gasteiger partial charge in [0.05, 0.1) is 13.2 Å². The molecule has 0 fully saturated rings. The lowest BCUT2D eigenvalue weighted by Crippen LogP contribution is -2.50. The van der Waals surface area contributed by atoms with Gasteiger partial charge in [0.2, 0.25) is 5.91 Å². The van der Waals surface area contributed by atoms with Gasteiger partial charge >= 0.3 is 6.03 Å². The number of nitrogens with zero attached hydrogens (tertiary/aromatic N) is 2. The van der Waals surface area contributed by atoms with Gasteiger partial charge in [0.1, 0.15) is 24.7 Å². The van der Waals surface area contributed by atoms with Crippen LogP contribution in [0.25, 0.3) is 0 Å². The van der Waals surface area contributed by atoms with Gasteiger partial charge in [-0.1, -0.05) is 30.7 Å². The van der Waals surface area contributed by atoms with E-state index in [1.807, 2.05) is 43.0 Å². The minimum Gasteiger partial charge on any atom is -0.497 e. The summed E-state index contributed by atoms with van der Waals surface area (Å²) >= 11 is 7.78. The Morgan fingerprint density at radius 2 is 1.97 bits per heavy atom. The maximum absolute atomic E-state index is 13.7. The maximum Gasteiger partial charge on any atom is 0.322 e. The Kier molecular flexibility index (Phi) is 8.95. The molecule has 0 aliphatic carbocycles. The van der Waals surface area contributed by atoms with E-state index in [1.54, 1.807) is 47.6 Å². The van der Waals surface area contributed by atoms with Crippen LogP contribution in [0.1, 0.15) is 36.8 Å². The lowest BCUT2D eigenvalue weighted by atomic mass is 10.00. The number of halogens is 1. The smallest absolute Gasteiger partial charge is 0.322 e. The predicted molar refractivity (Wildman–Crippen MR) is 148 cm³/mol. The van der Waals surface area contributed by atoms with Crippen LogP contribution in [-0.4, -0.2) is 54.6 Å². The van der Waals surface area contributed by atoms with Crippen molar-refractivity contribution in [1.82, 2.24) is 9.80 Å². The topological polar surface area (TPSA) is 71.1 Å². The van der Waals surface area contributed by atoms with Crippen LogP contribution in [0.5, 0.6) is 11.5 Å². The molecule has 2 aromatic carbocycles. The summed E-state index contributed by atoms with van der Waals surface area (Å²) in [7, 11) is 1.61. The van der Waals surface area contributed by atoms with Crippen LogP contribution in [0.15, 0.2) is 60.0 Å². The molecule has 2 heterocycles. The average Bonchev–Trinajstić information content (AvgIpc) is 3.39. The van der Waals surface area contributed by atoms with E-state index >= 15 is 0 Å². The van der Waals surface area contributed by atoms with Crippen molar-refractivity contribution in [3.8, 4) is 11.5 Å². The van der Waals surface area contributed by atoms with Crippen molar-refractivity contribution in [2.45, 2.75) is 38.8 Å². The molecule has 0 bridgehead atoms. The number of fused-ring (bicyclic) bond motifs is 1. The zero-order valence-corrected chi connectivity index (χ0v) is 22.8. The maximum atomic E-state index is 13.7. The Labute approximate surface area is 226 Å². The standard InChI is InChI=1S/C28H32ClN3O4S/c1-4-19(2)32(28(34)30-21-8-5-7-20(29)15-21)17-27(33)31-13-11-26-24(12-14-37-26)25(31)18-36-23-10-6-9-22(16-23)35-3/h5-10,12,14-16,19,25H,4,11,13,17-18H2,1-3H3,(H,30,34)/t19-,25+/m1/s1. The van der Waals surface area contributed by atoms with Crippen molar-refractivity contribution < 1.29 is 19.1 Å². The molecule has 1 aliphatic rings. The number of carbonyl (C=O) groups excluding carboxylic acids is 2. The first-order valence-corrected chi connectivity index (χ1v) is 13.6. The molecule has 3 aromatic rings. The molecule has 0 spiro atoms. The SMILES string of the molecule is CC[C@@H](C)N(CC(=O)N1CCc2sccc2[C@@H]1COc1cccc(OC)c1)C(=O)Nc1cccc(Cl)c1. The Morgan fingerprint density at radius 1 is 1.19 bits per heavy atom. The molecule has 3 amide bonds. The first-order valence-electron chi connectivity index (χ1n) is 12.3. The number of anilines is 1. The van der Waals surface area contributed by atoms with E-state index in [0.717, 1.165) is 12.0 Å². The van der Waals surface area contributed by atoms with Gasteiger partial charge in [0.15, 0.2) is 0 Å². The number of methoxy groups -OCH3 is 1. The first-order chi connectivity index (χ1) is 17.9. The molecule has 1 N–H and O–H groups in total. The summed E-state index contributed by atoms with van der Waals surface area (Å²) in [5.74, 6) is 1.27. The summed E-state index contributed by atoms with van der Waals surface area (Å²) in [6, 6.07) is 15.8. The van der Waals surface area contributed by atoms with Crippen LogP contribution >= 0.6 is 22.9 Å². The number of urea groups is 1. The second-order valence-corrected chi connectivity index (χ2v) is 10.4. The number of rotatable bonds is 9. The van der Waals surface area contributed by atoms with Crippen LogP contribution < -0.4 is 14.8 Å². The summed E-state index contributed by atoms with van der Waals surface area (Å²) in [5, 5.41) is 5.47. The molecule has 0 saturated carbocycles. The molecule has 1 aromatic heterocycles. The van der Waals surface area contributed by atoms with E-state index in [4.69, 9.17) is 21.1 Å². The Hall–Kier alpha value is -3.23. The van der Waals surface area contributed by atoms with Crippen LogP contribution in [0.4, 0.5) is 10.5 Å². The lowest BCUT2D eigenvalue weighted by Gasteiger charge is -2.38. The third-order valence-corrected chi connectivity index (χ3v) is 7.86. The predicted octanol–water partition coefficient (Wildman–Crippen LogP) is 6.25. The van der Waals surface area contributed by atoms with Crippen LogP contribution in [0.3, 0.4) is 0 Å². The van der Waals surface area contributed by atoms with Gasteiger partial charge < -0.3 is 24.6 Å². The second-order valence-electron chi connectivity index (χ2n) is 8.97. The minimum absolute atomic E-state index is 0.0312. The van der Waals surface area contributed by atoms with Crippen LogP contribution in [0, 0.1) is 0 Å². The zero-order chi connectivity index (χ0) is 26.4. The molecular weight excluding hydrogens is 510 g/mol. The molecule has 196 valence electrons. The molecule has 0 unspecified atom stereocenters. The molecule has 1 aliphatic heterocycles. The first kappa shape index (κ1) is 26.8. The van der Waals surface area contributed by atoms with E-state index in [0.29, 0.717) is 41.8 Å². The fraction of sp³-hybridized carbons (Fsp3) is 0.357. The Balaban J connectivity index is 1.51. The highest BCUT2D eigenvalue weighted by Crippen LogP contribution is 2.34. The van der Waals surface area contributed by atoms with Gasteiger partial charge in [-0.05, 0) is 67.1 Å². The normalized spacial score (nSPS) is 15.5. The molecule has 7 nitrogen and oxygen atoms in total. The number of ether oxygens (including phenoxy) is 2. The van der Waals surface area contributed by atoms with Gasteiger partial charge in [0.25, 0.3) is 0 Å². The summed E-state index contributed by atoms with van der Waals surface area (Å²) in [6.45, 7) is 4.79. The van der Waals surface area contributed by atoms with E-state index in [2.05, 4.69) is 16.8 Å². The quantitative estimate of drug-likeness (QED) is 0.348. The molecule has 9 heteroatoms. The molecule has 4 rings (SSSR count). The second kappa shape index (κ2) is 12.3. The lowest BCUT2D eigenvalue weighted by molar-refractivity contribution is -0.135. The largest absolute Gasteiger partial charge is 0.497 e. The number of thiophene rings is 1. The van der Waals surface area contributed by atoms with Gasteiger partial charge in [-0.2, -0.15) is 0 Å². The summed E-state index contributed by atoms with van der Waals surface area (Å²) in [5.41, 5.74) is 1.69. The molecular formula is C28H32ClN3O4S. The van der Waals surface area contributed by atoms with Gasteiger partial charge in [-0.25, -0.2) is 4.79 Å². The van der Waals surface area contributed by atoms with E-state index in [1.165, 1.54) is 4.88 Å². The van der Waals surface area contributed by atoms with Crippen molar-refractivity contribution in [2.75, 3.05) is 32.1 Å². The molecule has 2 atom stereocenters. The van der Waals surface area contributed by atoms with Gasteiger partial charge in [0, 0.05) is 34.2 Å². The molecule has 0 radical (unpaired) electrons. The van der Waals surface area contributed by atoms with Crippen molar-refractivity contribution in [3.05, 3.63) is 75.4 Å². The molecule has 37 heavy (non-hydrogen) atoms. The van der Waals surface area contributed by atoms with Crippen molar-refractivity contribution >= 4 is 40.6 Å². The van der Waals surface area contributed by atoms with Gasteiger partial charge in [-0.15, -0.1) is 11.3 Å². The van der Waals surface area contributed by atoms with E-state index < -0.39 is 0 Å². The van der Waals surface area contributed by atoms with Crippen molar-refractivity contribution in [1.29, 1.82) is 0 Å². The number of amides is 3. The summed E-state index contributed by atoms with van der Waals surface area (Å²) in [6.07, 6.45) is 1.50. The third-order valence-electron chi connectivity index (χ3n) is 6.63. The number of nitrogens with one attached hydrogen (secondary N) is 1. The Morgan fingerprint density at radius 3 is 2.73 bits per heavy atom. The zero-order valence-electron chi connectivity index (χ0n) is 21.3. The minimum atomic E-state index is -0.331. The van der Waals surface area contributed by atoms with E-state index in [9.17, 15) is 9.59 Å². The molecule has 0 saturated heterocycles. The van der Waals surface area contributed by atoms with Crippen LogP contribution in [0.2, 0.25) is 5.02 Å². The number of carbonyl (C=O) groups is 2. The highest BCUT2D eigenvalue weighted by Gasteiger charge is 2.34. The monoisotopic (exact) mass is 541 g/mol. The van der Waals surface area contributed by atoms with Crippen molar-refractivity contribution in [2.24, 2.45) is 0 Å². The number of hydrogen-bond acceptors (Lipinski definition) is 5.